The molecule has 0 fully saturated rings. The number of aromatic nitrogens is 4. The van der Waals surface area contributed by atoms with Gasteiger partial charge in [0.15, 0.2) is 49.6 Å². The van der Waals surface area contributed by atoms with E-state index >= 15 is 0 Å². The molecule has 12 heteroatoms. The monoisotopic (exact) mass is 1490 g/mol. The molecule has 0 N–H and O–H groups in total. The van der Waals surface area contributed by atoms with Gasteiger partial charge in [0.25, 0.3) is 0 Å². The molecule has 5 heterocycles. The van der Waals surface area contributed by atoms with Crippen molar-refractivity contribution in [3.63, 3.8) is 0 Å². The normalized spacial score (nSPS) is 12.0. The molecule has 0 aliphatic carbocycles. The molecule has 0 spiro atoms. The van der Waals surface area contributed by atoms with E-state index in [0.29, 0.717) is 89.2 Å². The Kier molecular flexibility index (Phi) is 19.4. The number of ether oxygens (including phenoxy) is 8. The number of benzene rings is 14. The molecule has 19 rings (SSSR count). The number of methoxy groups -OCH3 is 4. The molecule has 18 aromatic rings. The maximum atomic E-state index is 7.00. The zero-order valence-electron chi connectivity index (χ0n) is 64.1. The molecule has 20 bridgehead atoms. The Balaban J connectivity index is 0.879. The number of nitrogens with zero attached hydrogens (tertiary/aromatic N) is 4. The molecule has 1 aliphatic heterocycles. The zero-order chi connectivity index (χ0) is 76.6. The number of hydrogen-bond donors (Lipinski definition) is 0. The van der Waals surface area contributed by atoms with Gasteiger partial charge in [0.1, 0.15) is 49.4 Å². The van der Waals surface area contributed by atoms with Crippen LogP contribution in [0.2, 0.25) is 0 Å². The van der Waals surface area contributed by atoms with Crippen molar-refractivity contribution in [3.05, 3.63) is 316 Å². The third-order valence-corrected chi connectivity index (χ3v) is 22.4. The molecular weight excluding hydrogens is 1410 g/mol. The second-order valence-electron chi connectivity index (χ2n) is 29.1. The summed E-state index contributed by atoms with van der Waals surface area (Å²) in [6, 6.07) is 97.3. The number of rotatable bonds is 16. The molecule has 12 nitrogen and oxygen atoms in total. The van der Waals surface area contributed by atoms with Gasteiger partial charge in [-0.2, -0.15) is 0 Å². The van der Waals surface area contributed by atoms with E-state index in [-0.39, 0.29) is 0 Å². The minimum atomic E-state index is 0.317. The Bertz CT molecular complexity index is 5770. The average molecular weight is 1490 g/mol. The van der Waals surface area contributed by atoms with Crippen molar-refractivity contribution in [2.24, 2.45) is 0 Å². The molecule has 0 saturated carbocycles. The highest BCUT2D eigenvalue weighted by Crippen LogP contribution is 2.55. The van der Waals surface area contributed by atoms with Gasteiger partial charge in [-0.3, -0.25) is 0 Å². The molecule has 114 heavy (non-hydrogen) atoms. The van der Waals surface area contributed by atoms with Gasteiger partial charge in [0.2, 0.25) is 0 Å². The summed E-state index contributed by atoms with van der Waals surface area (Å²) in [7, 11) is 6.84. The summed E-state index contributed by atoms with van der Waals surface area (Å²) in [5.74, 6) is 2.73. The lowest BCUT2D eigenvalue weighted by Gasteiger charge is -2.23. The maximum absolute atomic E-state index is 7.00. The van der Waals surface area contributed by atoms with Crippen LogP contribution in [0.1, 0.15) is 0 Å². The topological polar surface area (TPSA) is 89.4 Å². The lowest BCUT2D eigenvalue weighted by molar-refractivity contribution is -0.913. The molecule has 0 amide bonds. The summed E-state index contributed by atoms with van der Waals surface area (Å²) in [5, 5.41) is 17.5. The summed E-state index contributed by atoms with van der Waals surface area (Å²) in [4.78, 5) is 0. The Morgan fingerprint density at radius 1 is 0.202 bits per heavy atom. The first-order valence-electron chi connectivity index (χ1n) is 39.0. The Morgan fingerprint density at radius 3 is 0.553 bits per heavy atom. The Hall–Kier alpha value is -13.2. The summed E-state index contributed by atoms with van der Waals surface area (Å²) in [6.07, 6.45) is 17.9. The molecule has 4 aromatic heterocycles. The second kappa shape index (κ2) is 31.2. The smallest absolute Gasteiger partial charge is 0.343 e. The van der Waals surface area contributed by atoms with Crippen molar-refractivity contribution in [2.75, 3.05) is 81.3 Å². The van der Waals surface area contributed by atoms with E-state index in [4.69, 9.17) is 37.9 Å². The van der Waals surface area contributed by atoms with Gasteiger partial charge in [-0.15, -0.1) is 18.3 Å². The van der Waals surface area contributed by atoms with Crippen molar-refractivity contribution in [2.45, 2.75) is 13.3 Å². The van der Waals surface area contributed by atoms with Crippen LogP contribution in [-0.2, 0) is 32.3 Å². The highest BCUT2D eigenvalue weighted by molar-refractivity contribution is 6.27. The predicted octanol–water partition coefficient (Wildman–Crippen LogP) is 20.8. The minimum Gasteiger partial charge on any atom is -0.490 e. The van der Waals surface area contributed by atoms with E-state index in [9.17, 15) is 0 Å². The van der Waals surface area contributed by atoms with E-state index in [2.05, 4.69) is 335 Å². The number of fused-ring (bicyclic) bond motifs is 32. The second-order valence-corrected chi connectivity index (χ2v) is 29.1. The van der Waals surface area contributed by atoms with Crippen LogP contribution in [0.5, 0.6) is 23.0 Å². The van der Waals surface area contributed by atoms with Gasteiger partial charge in [-0.05, 0) is 123 Å². The maximum Gasteiger partial charge on any atom is 0.343 e. The van der Waals surface area contributed by atoms with E-state index in [1.807, 2.05) is 0 Å². The van der Waals surface area contributed by atoms with Crippen LogP contribution in [-0.4, -0.2) is 81.3 Å². The van der Waals surface area contributed by atoms with Crippen LogP contribution < -0.4 is 37.2 Å². The Morgan fingerprint density at radius 2 is 0.377 bits per heavy atom. The van der Waals surface area contributed by atoms with Gasteiger partial charge >= 0.3 is 13.3 Å². The minimum absolute atomic E-state index is 0.317. The summed E-state index contributed by atoms with van der Waals surface area (Å²) >= 11 is 0. The number of pyridine rings is 4. The molecule has 556 valence electrons. The third-order valence-electron chi connectivity index (χ3n) is 22.4. The summed E-state index contributed by atoms with van der Waals surface area (Å²) in [6.45, 7) is 3.89. The van der Waals surface area contributed by atoms with Crippen molar-refractivity contribution in [1.29, 1.82) is 0 Å². The first-order chi connectivity index (χ1) is 56.4. The van der Waals surface area contributed by atoms with Crippen LogP contribution in [0.25, 0.3) is 175 Å². The Labute approximate surface area is 661 Å². The molecule has 0 saturated heterocycles. The quantitative estimate of drug-likeness (QED) is 0.0537. The molecule has 1 aliphatic rings. The SMILES string of the molecule is COCCOc1cc(OCCOC)c2cc1-c1c3ccccc3c(c3ccccc13)-c1ccc[n+](c1)C[n+]1cccc(c1)-c1c3ccccc3c(c3ccccc13)-c1cc(c(OCCOC)cc1OCCOC)-c1c3ccccc3c(c3ccccc13)-c1ccc[n+](c1)C[n+]1cccc(c1)-c1c3ccccc3c-2c2ccccc12. The molecule has 0 atom stereocenters. The molecule has 0 unspecified atom stereocenters. The average Bonchev–Trinajstić information content (AvgIpc) is 0.724. The van der Waals surface area contributed by atoms with Crippen molar-refractivity contribution in [1.82, 2.24) is 0 Å². The molecule has 14 aromatic carbocycles. The zero-order valence-corrected chi connectivity index (χ0v) is 64.1. The van der Waals surface area contributed by atoms with E-state index in [1.54, 1.807) is 28.4 Å². The first-order valence-corrected chi connectivity index (χ1v) is 39.0. The van der Waals surface area contributed by atoms with E-state index < -0.39 is 0 Å². The van der Waals surface area contributed by atoms with E-state index in [1.165, 1.54) is 0 Å². The van der Waals surface area contributed by atoms with Crippen molar-refractivity contribution >= 4 is 86.2 Å². The standard InChI is InChI=1S/C102H84N4O8/c1-107-49-53-111-91-59-92(112-54-50-108-2)88-57-87(91)99-79-37-13-5-29-71(79)95(72-30-6-14-38-80(72)99)67-25-21-45-103(61-67)65-105-47-23-27-69(63-105)97-75-33-9-17-41-83(75)101(84-42-18-10-34-76(84)97)89-58-90(94(114-56-52-110-4)60-93(89)113-55-51-109-3)102-85-43-19-11-35-77(85)98(78-36-12-20-44-86(78)102)70-28-24-48-106(64-70)66-104-46-22-26-68(62-104)96-73-31-7-15-39-81(73)100(88)82-40-16-8-32-74(82)96/h5-48,57-64H,49-56,65-66H2,1-4H3/q+4. The fraction of sp³-hybridized carbons (Fsp3) is 0.137. The fourth-order valence-corrected chi connectivity index (χ4v) is 17.6. The van der Waals surface area contributed by atoms with Gasteiger partial charge in [-0.25, -0.2) is 0 Å². The van der Waals surface area contributed by atoms with Crippen LogP contribution in [0, 0.1) is 0 Å². The van der Waals surface area contributed by atoms with Crippen LogP contribution in [0.4, 0.5) is 0 Å². The molecular formula is C102H84N4O8+4. The van der Waals surface area contributed by atoms with Crippen molar-refractivity contribution < 1.29 is 56.2 Å². The van der Waals surface area contributed by atoms with Gasteiger partial charge in [0.05, 0.1) is 26.4 Å². The van der Waals surface area contributed by atoms with Crippen molar-refractivity contribution in [3.8, 4) is 112 Å². The lowest BCUT2D eigenvalue weighted by Crippen LogP contribution is -2.51. The summed E-state index contributed by atoms with van der Waals surface area (Å²) < 4.78 is 60.0. The van der Waals surface area contributed by atoms with E-state index in [0.717, 1.165) is 175 Å². The predicted molar refractivity (Wildman–Crippen MR) is 457 cm³/mol. The van der Waals surface area contributed by atoms with Crippen LogP contribution >= 0.6 is 0 Å². The van der Waals surface area contributed by atoms with Gasteiger partial charge < -0.3 is 37.9 Å². The third kappa shape index (κ3) is 12.9. The lowest BCUT2D eigenvalue weighted by atomic mass is 9.83. The van der Waals surface area contributed by atoms with Crippen LogP contribution in [0.3, 0.4) is 0 Å². The number of hydrogen-bond acceptors (Lipinski definition) is 8. The van der Waals surface area contributed by atoms with Gasteiger partial charge in [0, 0.05) is 154 Å². The summed E-state index contributed by atoms with van der Waals surface area (Å²) in [5.41, 5.74) is 16.8. The fourth-order valence-electron chi connectivity index (χ4n) is 17.6. The van der Waals surface area contributed by atoms with Crippen LogP contribution in [0.15, 0.2) is 316 Å². The highest BCUT2D eigenvalue weighted by Gasteiger charge is 2.30. The first kappa shape index (κ1) is 71.1. The highest BCUT2D eigenvalue weighted by atomic mass is 16.5. The largest absolute Gasteiger partial charge is 0.490 e. The molecule has 0 radical (unpaired) electrons. The van der Waals surface area contributed by atoms with Gasteiger partial charge in [-0.1, -0.05) is 194 Å².